The zero-order chi connectivity index (χ0) is 19.4. The number of hydrogen-bond acceptors (Lipinski definition) is 4. The Morgan fingerprint density at radius 3 is 2.44 bits per heavy atom. The summed E-state index contributed by atoms with van der Waals surface area (Å²) in [7, 11) is 1.55. The number of nitrogen functional groups attached to an aromatic ring is 1. The van der Waals surface area contributed by atoms with Crippen LogP contribution < -0.4 is 15.4 Å². The van der Waals surface area contributed by atoms with Gasteiger partial charge in [-0.15, -0.1) is 0 Å². The first-order chi connectivity index (χ1) is 13.0. The summed E-state index contributed by atoms with van der Waals surface area (Å²) in [6, 6.07) is 9.15. The van der Waals surface area contributed by atoms with Crippen molar-refractivity contribution in [3.05, 3.63) is 59.7 Å². The fraction of sp³-hybridized carbons (Fsp3) is 0.250. The number of anilines is 2. The Balaban J connectivity index is 1.58. The van der Waals surface area contributed by atoms with Crippen molar-refractivity contribution in [1.82, 2.24) is 4.90 Å². The second kappa shape index (κ2) is 8.07. The average Bonchev–Trinajstić information content (AvgIpc) is 2.68. The molecule has 0 atom stereocenters. The van der Waals surface area contributed by atoms with Crippen molar-refractivity contribution >= 4 is 23.4 Å². The van der Waals surface area contributed by atoms with Gasteiger partial charge in [-0.25, -0.2) is 8.78 Å². The van der Waals surface area contributed by atoms with Gasteiger partial charge in [-0.2, -0.15) is 0 Å². The third-order valence-electron chi connectivity index (χ3n) is 4.53. The minimum atomic E-state index is -0.868. The number of ether oxygens (including phenoxy) is 1. The highest BCUT2D eigenvalue weighted by Gasteiger charge is 2.20. The summed E-state index contributed by atoms with van der Waals surface area (Å²) < 4.78 is 31.5. The molecule has 1 saturated heterocycles. The third-order valence-corrected chi connectivity index (χ3v) is 4.53. The zero-order valence-corrected chi connectivity index (χ0v) is 15.0. The van der Waals surface area contributed by atoms with Crippen LogP contribution in [0.15, 0.2) is 42.5 Å². The minimum Gasteiger partial charge on any atom is -0.495 e. The number of halogens is 2. The summed E-state index contributed by atoms with van der Waals surface area (Å²) in [5.74, 6) is -1.24. The van der Waals surface area contributed by atoms with Gasteiger partial charge in [0.2, 0.25) is 5.91 Å². The zero-order valence-electron chi connectivity index (χ0n) is 15.0. The molecule has 5 nitrogen and oxygen atoms in total. The van der Waals surface area contributed by atoms with Crippen molar-refractivity contribution in [3.8, 4) is 5.75 Å². The quantitative estimate of drug-likeness (QED) is 0.661. The van der Waals surface area contributed by atoms with E-state index in [1.165, 1.54) is 12.1 Å². The van der Waals surface area contributed by atoms with E-state index in [2.05, 4.69) is 0 Å². The number of amides is 1. The number of hydrogen-bond donors (Lipinski definition) is 1. The second-order valence-corrected chi connectivity index (χ2v) is 6.25. The Hall–Kier alpha value is -3.09. The Morgan fingerprint density at radius 1 is 1.07 bits per heavy atom. The van der Waals surface area contributed by atoms with E-state index in [0.29, 0.717) is 43.3 Å². The predicted molar refractivity (Wildman–Crippen MR) is 102 cm³/mol. The average molecular weight is 373 g/mol. The maximum absolute atomic E-state index is 13.4. The van der Waals surface area contributed by atoms with Crippen LogP contribution in [0.2, 0.25) is 0 Å². The van der Waals surface area contributed by atoms with Gasteiger partial charge in [0.15, 0.2) is 11.6 Å². The molecule has 2 N–H and O–H groups in total. The van der Waals surface area contributed by atoms with Crippen LogP contribution in [0.4, 0.5) is 20.2 Å². The molecule has 2 aromatic carbocycles. The lowest BCUT2D eigenvalue weighted by atomic mass is 10.1. The number of nitrogens with two attached hydrogens (primary N) is 1. The summed E-state index contributed by atoms with van der Waals surface area (Å²) in [6.07, 6.45) is 3.22. The first-order valence-corrected chi connectivity index (χ1v) is 8.58. The van der Waals surface area contributed by atoms with Crippen LogP contribution in [0.5, 0.6) is 5.75 Å². The molecule has 1 heterocycles. The monoisotopic (exact) mass is 373 g/mol. The lowest BCUT2D eigenvalue weighted by Crippen LogP contribution is -2.48. The van der Waals surface area contributed by atoms with Crippen LogP contribution in [-0.2, 0) is 4.79 Å². The first-order valence-electron chi connectivity index (χ1n) is 8.58. The topological polar surface area (TPSA) is 58.8 Å². The van der Waals surface area contributed by atoms with E-state index in [4.69, 9.17) is 10.5 Å². The van der Waals surface area contributed by atoms with Crippen LogP contribution in [0.25, 0.3) is 6.08 Å². The summed E-state index contributed by atoms with van der Waals surface area (Å²) in [6.45, 7) is 2.13. The van der Waals surface area contributed by atoms with Crippen LogP contribution in [0.1, 0.15) is 5.56 Å². The second-order valence-electron chi connectivity index (χ2n) is 6.25. The first kappa shape index (κ1) is 18.7. The van der Waals surface area contributed by atoms with E-state index in [-0.39, 0.29) is 5.91 Å². The maximum Gasteiger partial charge on any atom is 0.246 e. The molecule has 27 heavy (non-hydrogen) atoms. The van der Waals surface area contributed by atoms with Gasteiger partial charge in [0.05, 0.1) is 12.8 Å². The van der Waals surface area contributed by atoms with Crippen molar-refractivity contribution in [3.63, 3.8) is 0 Å². The van der Waals surface area contributed by atoms with Gasteiger partial charge in [-0.3, -0.25) is 4.79 Å². The highest BCUT2D eigenvalue weighted by Crippen LogP contribution is 2.23. The van der Waals surface area contributed by atoms with E-state index >= 15 is 0 Å². The minimum absolute atomic E-state index is 0.102. The number of nitrogens with zero attached hydrogens (tertiary/aromatic N) is 2. The Morgan fingerprint density at radius 2 is 1.81 bits per heavy atom. The highest BCUT2D eigenvalue weighted by molar-refractivity contribution is 5.92. The summed E-state index contributed by atoms with van der Waals surface area (Å²) in [5, 5.41) is 0. The highest BCUT2D eigenvalue weighted by atomic mass is 19.2. The van der Waals surface area contributed by atoms with Gasteiger partial charge in [0.25, 0.3) is 0 Å². The van der Waals surface area contributed by atoms with Crippen molar-refractivity contribution in [2.45, 2.75) is 0 Å². The van der Waals surface area contributed by atoms with E-state index in [9.17, 15) is 13.6 Å². The van der Waals surface area contributed by atoms with E-state index < -0.39 is 11.6 Å². The van der Waals surface area contributed by atoms with E-state index in [0.717, 1.165) is 11.6 Å². The Kier molecular flexibility index (Phi) is 5.59. The lowest BCUT2D eigenvalue weighted by Gasteiger charge is -2.35. The molecule has 0 aliphatic carbocycles. The molecule has 0 unspecified atom stereocenters. The maximum atomic E-state index is 13.4. The normalized spacial score (nSPS) is 14.6. The molecule has 142 valence electrons. The number of methoxy groups -OCH3 is 1. The van der Waals surface area contributed by atoms with Crippen molar-refractivity contribution < 1.29 is 18.3 Å². The summed E-state index contributed by atoms with van der Waals surface area (Å²) in [5.41, 5.74) is 7.79. The molecular formula is C20H21F2N3O2. The number of carbonyl (C=O) groups is 1. The Labute approximate surface area is 156 Å². The van der Waals surface area contributed by atoms with Gasteiger partial charge >= 0.3 is 0 Å². The lowest BCUT2D eigenvalue weighted by molar-refractivity contribution is -0.126. The van der Waals surface area contributed by atoms with Gasteiger partial charge in [-0.1, -0.05) is 6.07 Å². The molecule has 0 spiro atoms. The van der Waals surface area contributed by atoms with Crippen LogP contribution in [0.3, 0.4) is 0 Å². The van der Waals surface area contributed by atoms with Crippen LogP contribution >= 0.6 is 0 Å². The molecule has 7 heteroatoms. The molecular weight excluding hydrogens is 352 g/mol. The molecule has 0 saturated carbocycles. The largest absolute Gasteiger partial charge is 0.495 e. The fourth-order valence-corrected chi connectivity index (χ4v) is 3.00. The van der Waals surface area contributed by atoms with Gasteiger partial charge < -0.3 is 20.3 Å². The number of rotatable bonds is 4. The number of benzene rings is 2. The van der Waals surface area contributed by atoms with Crippen molar-refractivity contribution in [1.29, 1.82) is 0 Å². The molecule has 0 radical (unpaired) electrons. The fourth-order valence-electron chi connectivity index (χ4n) is 3.00. The third kappa shape index (κ3) is 4.36. The standard InChI is InChI=1S/C20H21F2N3O2/c1-27-19-6-2-14(12-18(19)23)3-7-20(26)25-10-8-24(9-11-25)15-4-5-16(21)17(22)13-15/h2-7,12-13H,8-11,23H2,1H3/b7-3+. The van der Waals surface area contributed by atoms with Crippen molar-refractivity contribution in [2.75, 3.05) is 43.9 Å². The van der Waals surface area contributed by atoms with Gasteiger partial charge in [0.1, 0.15) is 5.75 Å². The molecule has 1 amide bonds. The van der Waals surface area contributed by atoms with Crippen LogP contribution in [0, 0.1) is 11.6 Å². The molecule has 1 fully saturated rings. The van der Waals surface area contributed by atoms with Crippen molar-refractivity contribution in [2.24, 2.45) is 0 Å². The summed E-state index contributed by atoms with van der Waals surface area (Å²) in [4.78, 5) is 16.0. The molecule has 0 aromatic heterocycles. The number of piperazine rings is 1. The van der Waals surface area contributed by atoms with E-state index in [1.54, 1.807) is 36.3 Å². The SMILES string of the molecule is COc1ccc(/C=C/C(=O)N2CCN(c3ccc(F)c(F)c3)CC2)cc1N. The molecule has 3 rings (SSSR count). The molecule has 1 aliphatic heterocycles. The molecule has 2 aromatic rings. The molecule has 1 aliphatic rings. The molecule has 0 bridgehead atoms. The summed E-state index contributed by atoms with van der Waals surface area (Å²) >= 11 is 0. The predicted octanol–water partition coefficient (Wildman–Crippen LogP) is 2.92. The van der Waals surface area contributed by atoms with Gasteiger partial charge in [0, 0.05) is 44.0 Å². The van der Waals surface area contributed by atoms with E-state index in [1.807, 2.05) is 11.0 Å². The number of carbonyl (C=O) groups excluding carboxylic acids is 1. The van der Waals surface area contributed by atoms with Crippen LogP contribution in [-0.4, -0.2) is 44.1 Å². The van der Waals surface area contributed by atoms with Gasteiger partial charge in [-0.05, 0) is 35.9 Å². The smallest absolute Gasteiger partial charge is 0.246 e. The Bertz CT molecular complexity index is 862.